The summed E-state index contributed by atoms with van der Waals surface area (Å²) in [7, 11) is 1.80. The highest BCUT2D eigenvalue weighted by Gasteiger charge is 2.40. The van der Waals surface area contributed by atoms with Crippen LogP contribution in [0, 0.1) is 11.3 Å². The number of hydrogen-bond donors (Lipinski definition) is 0. The van der Waals surface area contributed by atoms with Crippen molar-refractivity contribution in [3.63, 3.8) is 0 Å². The third-order valence-electron chi connectivity index (χ3n) is 3.18. The molecule has 0 radical (unpaired) electrons. The van der Waals surface area contributed by atoms with Crippen LogP contribution in [0.3, 0.4) is 0 Å². The number of hydrogen-bond acceptors (Lipinski definition) is 2. The standard InChI is InChI=1S/C13H24N2O2/c1-9(2)10-11(16)14(6)7-8-15(10)12(17)13(3,4)5/h9-10H,7-8H2,1-6H3. The van der Waals surface area contributed by atoms with Crippen LogP contribution in [0.15, 0.2) is 0 Å². The van der Waals surface area contributed by atoms with Gasteiger partial charge in [-0.3, -0.25) is 9.59 Å². The highest BCUT2D eigenvalue weighted by Crippen LogP contribution is 2.25. The molecule has 17 heavy (non-hydrogen) atoms. The molecule has 0 aliphatic carbocycles. The van der Waals surface area contributed by atoms with Crippen molar-refractivity contribution in [2.24, 2.45) is 11.3 Å². The summed E-state index contributed by atoms with van der Waals surface area (Å²) in [6.45, 7) is 10.9. The zero-order valence-electron chi connectivity index (χ0n) is 11.8. The van der Waals surface area contributed by atoms with Gasteiger partial charge in [0.2, 0.25) is 11.8 Å². The molecule has 0 spiro atoms. The van der Waals surface area contributed by atoms with Crippen LogP contribution < -0.4 is 0 Å². The van der Waals surface area contributed by atoms with Gasteiger partial charge in [-0.25, -0.2) is 0 Å². The van der Waals surface area contributed by atoms with E-state index in [0.29, 0.717) is 13.1 Å². The van der Waals surface area contributed by atoms with Gasteiger partial charge in [-0.05, 0) is 5.92 Å². The first-order valence-electron chi connectivity index (χ1n) is 6.22. The average molecular weight is 240 g/mol. The summed E-state index contributed by atoms with van der Waals surface area (Å²) >= 11 is 0. The Bertz CT molecular complexity index is 318. The van der Waals surface area contributed by atoms with E-state index < -0.39 is 5.41 Å². The van der Waals surface area contributed by atoms with Gasteiger partial charge in [0, 0.05) is 25.6 Å². The quantitative estimate of drug-likeness (QED) is 0.694. The number of likely N-dealkylation sites (N-methyl/N-ethyl adjacent to an activating group) is 1. The Morgan fingerprint density at radius 3 is 2.24 bits per heavy atom. The van der Waals surface area contributed by atoms with Crippen molar-refractivity contribution >= 4 is 11.8 Å². The van der Waals surface area contributed by atoms with Gasteiger partial charge in [0.05, 0.1) is 0 Å². The molecule has 1 unspecified atom stereocenters. The van der Waals surface area contributed by atoms with E-state index in [2.05, 4.69) is 0 Å². The summed E-state index contributed by atoms with van der Waals surface area (Å²) < 4.78 is 0. The summed E-state index contributed by atoms with van der Waals surface area (Å²) in [6.07, 6.45) is 0. The molecule has 0 aromatic rings. The van der Waals surface area contributed by atoms with Gasteiger partial charge < -0.3 is 9.80 Å². The molecule has 1 rings (SSSR count). The number of carbonyl (C=O) groups is 2. The fourth-order valence-corrected chi connectivity index (χ4v) is 2.17. The summed E-state index contributed by atoms with van der Waals surface area (Å²) in [5.74, 6) is 0.276. The molecular weight excluding hydrogens is 216 g/mol. The van der Waals surface area contributed by atoms with E-state index in [1.165, 1.54) is 0 Å². The number of carbonyl (C=O) groups excluding carboxylic acids is 2. The van der Waals surface area contributed by atoms with Crippen molar-refractivity contribution in [2.45, 2.75) is 40.7 Å². The lowest BCUT2D eigenvalue weighted by Gasteiger charge is -2.43. The third-order valence-corrected chi connectivity index (χ3v) is 3.18. The first-order chi connectivity index (χ1) is 7.66. The SMILES string of the molecule is CC(C)C1C(=O)N(C)CCN1C(=O)C(C)(C)C. The van der Waals surface area contributed by atoms with Crippen molar-refractivity contribution in [1.29, 1.82) is 0 Å². The summed E-state index contributed by atoms with van der Waals surface area (Å²) in [5.41, 5.74) is -0.427. The molecule has 1 fully saturated rings. The Kier molecular flexibility index (Phi) is 3.84. The van der Waals surface area contributed by atoms with E-state index in [0.717, 1.165) is 0 Å². The minimum Gasteiger partial charge on any atom is -0.342 e. The number of piperazine rings is 1. The lowest BCUT2D eigenvalue weighted by Crippen LogP contribution is -2.61. The molecule has 4 nitrogen and oxygen atoms in total. The molecule has 98 valence electrons. The lowest BCUT2D eigenvalue weighted by molar-refractivity contribution is -0.157. The van der Waals surface area contributed by atoms with Gasteiger partial charge in [0.15, 0.2) is 0 Å². The molecule has 0 N–H and O–H groups in total. The van der Waals surface area contributed by atoms with Gasteiger partial charge in [0.1, 0.15) is 6.04 Å². The van der Waals surface area contributed by atoms with Crippen molar-refractivity contribution in [2.75, 3.05) is 20.1 Å². The zero-order chi connectivity index (χ0) is 13.4. The maximum absolute atomic E-state index is 12.3. The first-order valence-corrected chi connectivity index (χ1v) is 6.22. The largest absolute Gasteiger partial charge is 0.342 e. The van der Waals surface area contributed by atoms with Crippen LogP contribution in [-0.4, -0.2) is 47.8 Å². The second-order valence-electron chi connectivity index (χ2n) is 6.20. The number of nitrogens with zero attached hydrogens (tertiary/aromatic N) is 2. The molecule has 1 saturated heterocycles. The fourth-order valence-electron chi connectivity index (χ4n) is 2.17. The third kappa shape index (κ3) is 2.79. The second-order valence-corrected chi connectivity index (χ2v) is 6.20. The van der Waals surface area contributed by atoms with Gasteiger partial charge in [0.25, 0.3) is 0 Å². The molecule has 2 amide bonds. The van der Waals surface area contributed by atoms with Gasteiger partial charge in [-0.2, -0.15) is 0 Å². The minimum atomic E-state index is -0.427. The highest BCUT2D eigenvalue weighted by molar-refractivity contribution is 5.90. The summed E-state index contributed by atoms with van der Waals surface area (Å²) in [4.78, 5) is 28.0. The maximum Gasteiger partial charge on any atom is 0.245 e. The summed E-state index contributed by atoms with van der Waals surface area (Å²) in [6, 6.07) is -0.305. The Morgan fingerprint density at radius 1 is 1.29 bits per heavy atom. The Labute approximate surface area is 104 Å². The molecule has 1 atom stereocenters. The minimum absolute atomic E-state index is 0.0591. The van der Waals surface area contributed by atoms with Crippen molar-refractivity contribution < 1.29 is 9.59 Å². The van der Waals surface area contributed by atoms with Crippen molar-refractivity contribution in [1.82, 2.24) is 9.80 Å². The van der Waals surface area contributed by atoms with Crippen molar-refractivity contribution in [3.8, 4) is 0 Å². The summed E-state index contributed by atoms with van der Waals surface area (Å²) in [5, 5.41) is 0. The predicted octanol–water partition coefficient (Wildman–Crippen LogP) is 1.36. The van der Waals surface area contributed by atoms with Gasteiger partial charge in [-0.1, -0.05) is 34.6 Å². The van der Waals surface area contributed by atoms with E-state index in [1.807, 2.05) is 34.6 Å². The van der Waals surface area contributed by atoms with E-state index in [1.54, 1.807) is 16.8 Å². The predicted molar refractivity (Wildman–Crippen MR) is 67.4 cm³/mol. The normalized spacial score (nSPS) is 22.3. The van der Waals surface area contributed by atoms with Crippen LogP contribution in [-0.2, 0) is 9.59 Å². The van der Waals surface area contributed by atoms with Crippen LogP contribution in [0.5, 0.6) is 0 Å². The average Bonchev–Trinajstić information content (AvgIpc) is 2.18. The molecule has 4 heteroatoms. The molecule has 0 aromatic heterocycles. The molecule has 1 heterocycles. The van der Waals surface area contributed by atoms with Crippen LogP contribution in [0.4, 0.5) is 0 Å². The van der Waals surface area contributed by atoms with E-state index in [4.69, 9.17) is 0 Å². The molecular formula is C13H24N2O2. The van der Waals surface area contributed by atoms with E-state index >= 15 is 0 Å². The van der Waals surface area contributed by atoms with Crippen LogP contribution in [0.2, 0.25) is 0 Å². The van der Waals surface area contributed by atoms with Gasteiger partial charge in [-0.15, -0.1) is 0 Å². The lowest BCUT2D eigenvalue weighted by atomic mass is 9.90. The fraction of sp³-hybridized carbons (Fsp3) is 0.846. The van der Waals surface area contributed by atoms with Crippen molar-refractivity contribution in [3.05, 3.63) is 0 Å². The molecule has 0 saturated carbocycles. The molecule has 1 aliphatic rings. The second kappa shape index (κ2) is 4.67. The Balaban J connectivity index is 2.98. The number of rotatable bonds is 1. The first kappa shape index (κ1) is 14.0. The van der Waals surface area contributed by atoms with E-state index in [-0.39, 0.29) is 23.8 Å². The topological polar surface area (TPSA) is 40.6 Å². The number of amides is 2. The molecule has 1 aliphatic heterocycles. The highest BCUT2D eigenvalue weighted by atomic mass is 16.2. The van der Waals surface area contributed by atoms with Crippen LogP contribution in [0.1, 0.15) is 34.6 Å². The van der Waals surface area contributed by atoms with Gasteiger partial charge >= 0.3 is 0 Å². The van der Waals surface area contributed by atoms with Crippen LogP contribution in [0.25, 0.3) is 0 Å². The Hall–Kier alpha value is -1.06. The molecule has 0 aromatic carbocycles. The van der Waals surface area contributed by atoms with E-state index in [9.17, 15) is 9.59 Å². The smallest absolute Gasteiger partial charge is 0.245 e. The monoisotopic (exact) mass is 240 g/mol. The maximum atomic E-state index is 12.3. The molecule has 0 bridgehead atoms. The van der Waals surface area contributed by atoms with Crippen LogP contribution >= 0.6 is 0 Å². The zero-order valence-corrected chi connectivity index (χ0v) is 11.8. The Morgan fingerprint density at radius 2 is 1.82 bits per heavy atom.